The van der Waals surface area contributed by atoms with Crippen molar-refractivity contribution in [3.05, 3.63) is 71.4 Å². The Morgan fingerprint density at radius 1 is 1.20 bits per heavy atom. The number of benzene rings is 2. The van der Waals surface area contributed by atoms with E-state index < -0.39 is 18.0 Å². The molecule has 0 bridgehead atoms. The maximum atomic E-state index is 12.3. The van der Waals surface area contributed by atoms with E-state index in [-0.39, 0.29) is 5.92 Å². The second kappa shape index (κ2) is 10.3. The minimum atomic E-state index is -0.725. The first-order valence-corrected chi connectivity index (χ1v) is 12.7. The summed E-state index contributed by atoms with van der Waals surface area (Å²) in [7, 11) is 1.62. The highest BCUT2D eigenvalue weighted by molar-refractivity contribution is 5.83. The van der Waals surface area contributed by atoms with Gasteiger partial charge in [0.2, 0.25) is 0 Å². The van der Waals surface area contributed by atoms with Crippen LogP contribution < -0.4 is 4.74 Å². The lowest BCUT2D eigenvalue weighted by Crippen LogP contribution is -2.46. The number of aliphatic carboxylic acids is 1. The highest BCUT2D eigenvalue weighted by Crippen LogP contribution is 2.39. The van der Waals surface area contributed by atoms with Gasteiger partial charge in [-0.3, -0.25) is 14.7 Å². The van der Waals surface area contributed by atoms with Gasteiger partial charge in [-0.05, 0) is 91.9 Å². The summed E-state index contributed by atoms with van der Waals surface area (Å²) in [6.07, 6.45) is 6.44. The number of carbonyl (C=O) groups is 1. The number of likely N-dealkylation sites (tertiary alicyclic amines) is 1. The summed E-state index contributed by atoms with van der Waals surface area (Å²) in [6.45, 7) is 1.48. The molecular formula is C29H34N2O4. The summed E-state index contributed by atoms with van der Waals surface area (Å²) in [5.74, 6) is -0.363. The van der Waals surface area contributed by atoms with E-state index >= 15 is 0 Å². The van der Waals surface area contributed by atoms with Gasteiger partial charge in [0, 0.05) is 24.2 Å². The number of methoxy groups -OCH3 is 1. The van der Waals surface area contributed by atoms with Gasteiger partial charge in [-0.15, -0.1) is 0 Å². The Labute approximate surface area is 206 Å². The fourth-order valence-corrected chi connectivity index (χ4v) is 6.13. The third-order valence-electron chi connectivity index (χ3n) is 8.04. The average molecular weight is 475 g/mol. The van der Waals surface area contributed by atoms with Crippen LogP contribution >= 0.6 is 0 Å². The molecule has 2 heterocycles. The van der Waals surface area contributed by atoms with Crippen molar-refractivity contribution >= 4 is 16.9 Å². The van der Waals surface area contributed by atoms with Gasteiger partial charge in [0.15, 0.2) is 0 Å². The first-order chi connectivity index (χ1) is 17.0. The zero-order valence-corrected chi connectivity index (χ0v) is 20.3. The summed E-state index contributed by atoms with van der Waals surface area (Å²) < 4.78 is 5.36. The molecule has 0 spiro atoms. The normalized spacial score (nSPS) is 23.5. The second-order valence-electron chi connectivity index (χ2n) is 9.97. The van der Waals surface area contributed by atoms with Crippen LogP contribution in [0.15, 0.2) is 54.7 Å². The predicted molar refractivity (Wildman–Crippen MR) is 135 cm³/mol. The Morgan fingerprint density at radius 3 is 2.89 bits per heavy atom. The van der Waals surface area contributed by atoms with Crippen molar-refractivity contribution in [2.24, 2.45) is 11.8 Å². The number of aliphatic hydroxyl groups excluding tert-OH is 1. The van der Waals surface area contributed by atoms with Crippen LogP contribution in [0.5, 0.6) is 5.75 Å². The molecule has 2 aromatic carbocycles. The van der Waals surface area contributed by atoms with Crippen LogP contribution in [0.25, 0.3) is 10.9 Å². The van der Waals surface area contributed by atoms with Gasteiger partial charge in [-0.1, -0.05) is 24.3 Å². The molecule has 2 unspecified atom stereocenters. The largest absolute Gasteiger partial charge is 0.497 e. The van der Waals surface area contributed by atoms with Gasteiger partial charge in [0.25, 0.3) is 0 Å². The van der Waals surface area contributed by atoms with Crippen LogP contribution in [0.1, 0.15) is 60.9 Å². The van der Waals surface area contributed by atoms with Crippen LogP contribution in [-0.4, -0.2) is 46.3 Å². The third kappa shape index (κ3) is 4.91. The Morgan fingerprint density at radius 2 is 2.06 bits per heavy atom. The number of aliphatic hydroxyl groups is 1. The van der Waals surface area contributed by atoms with Crippen molar-refractivity contribution in [1.29, 1.82) is 0 Å². The van der Waals surface area contributed by atoms with Crippen molar-refractivity contribution in [3.63, 3.8) is 0 Å². The summed E-state index contributed by atoms with van der Waals surface area (Å²) in [6, 6.07) is 16.4. The van der Waals surface area contributed by atoms with Crippen molar-refractivity contribution in [3.8, 4) is 5.75 Å². The summed E-state index contributed by atoms with van der Waals surface area (Å²) in [5, 5.41) is 22.0. The van der Waals surface area contributed by atoms with Crippen molar-refractivity contribution < 1.29 is 19.7 Å². The second-order valence-corrected chi connectivity index (χ2v) is 9.97. The number of carboxylic acids is 1. The molecule has 0 saturated carbocycles. The monoisotopic (exact) mass is 474 g/mol. The number of piperidine rings is 1. The van der Waals surface area contributed by atoms with Crippen molar-refractivity contribution in [1.82, 2.24) is 9.88 Å². The average Bonchev–Trinajstić information content (AvgIpc) is 2.90. The summed E-state index contributed by atoms with van der Waals surface area (Å²) in [4.78, 5) is 19.1. The minimum Gasteiger partial charge on any atom is -0.497 e. The molecule has 184 valence electrons. The van der Waals surface area contributed by atoms with Crippen molar-refractivity contribution in [2.45, 2.75) is 50.7 Å². The first-order valence-electron chi connectivity index (χ1n) is 12.7. The molecule has 1 aromatic heterocycles. The number of aryl methyl sites for hydroxylation is 1. The Balaban J connectivity index is 1.28. The topological polar surface area (TPSA) is 82.9 Å². The molecule has 0 radical (unpaired) electrons. The highest BCUT2D eigenvalue weighted by Gasteiger charge is 2.38. The lowest BCUT2D eigenvalue weighted by molar-refractivity contribution is -0.147. The van der Waals surface area contributed by atoms with Gasteiger partial charge in [-0.25, -0.2) is 0 Å². The fourth-order valence-electron chi connectivity index (χ4n) is 6.13. The number of hydrogen-bond donors (Lipinski definition) is 2. The van der Waals surface area contributed by atoms with Crippen LogP contribution in [0.2, 0.25) is 0 Å². The molecule has 0 amide bonds. The molecule has 5 rings (SSSR count). The standard InChI is InChI=1S/C29H34N2O4/c1-35-21-10-11-26-24(17-21)23(13-15-30-26)28(32)12-9-20-14-16-31(18-25(20)29(33)34)27-8-4-6-19-5-2-3-7-22(19)27/h2-3,5,7,10-11,13,15,17,20,25,27-28,32H,4,6,8-9,12,14,16,18H2,1H3,(H,33,34)/t20-,25+,27?,28?/m1/s1. The number of aromatic nitrogens is 1. The molecule has 35 heavy (non-hydrogen) atoms. The zero-order chi connectivity index (χ0) is 24.4. The Bertz CT molecular complexity index is 1200. The van der Waals surface area contributed by atoms with E-state index in [2.05, 4.69) is 34.1 Å². The van der Waals surface area contributed by atoms with Gasteiger partial charge >= 0.3 is 5.97 Å². The number of ether oxygens (including phenoxy) is 1. The van der Waals surface area contributed by atoms with E-state index in [0.717, 1.165) is 54.4 Å². The van der Waals surface area contributed by atoms with E-state index in [1.807, 2.05) is 24.3 Å². The van der Waals surface area contributed by atoms with Crippen LogP contribution in [0, 0.1) is 11.8 Å². The molecule has 2 N–H and O–H groups in total. The minimum absolute atomic E-state index is 0.0554. The van der Waals surface area contributed by atoms with E-state index in [4.69, 9.17) is 4.74 Å². The Kier molecular flexibility index (Phi) is 7.02. The molecule has 3 aromatic rings. The fraction of sp³-hybridized carbons (Fsp3) is 0.448. The van der Waals surface area contributed by atoms with Crippen LogP contribution in [0.3, 0.4) is 0 Å². The van der Waals surface area contributed by atoms with E-state index in [1.165, 1.54) is 11.1 Å². The molecule has 6 nitrogen and oxygen atoms in total. The molecule has 1 saturated heterocycles. The van der Waals surface area contributed by atoms with Crippen molar-refractivity contribution in [2.75, 3.05) is 20.2 Å². The van der Waals surface area contributed by atoms with Crippen LogP contribution in [-0.2, 0) is 11.2 Å². The predicted octanol–water partition coefficient (Wildman–Crippen LogP) is 5.16. The zero-order valence-electron chi connectivity index (χ0n) is 20.3. The SMILES string of the molecule is COc1ccc2nccc(C(O)CC[C@@H]3CCN(C4CCCc5ccccc54)C[C@@H]3C(=O)O)c2c1. The summed E-state index contributed by atoms with van der Waals surface area (Å²) >= 11 is 0. The molecule has 2 aliphatic rings. The number of fused-ring (bicyclic) bond motifs is 2. The van der Waals surface area contributed by atoms with E-state index in [0.29, 0.717) is 25.4 Å². The number of rotatable bonds is 7. The number of pyridine rings is 1. The van der Waals surface area contributed by atoms with E-state index in [9.17, 15) is 15.0 Å². The molecule has 1 aliphatic heterocycles. The third-order valence-corrected chi connectivity index (χ3v) is 8.04. The molecule has 6 heteroatoms. The van der Waals surface area contributed by atoms with E-state index in [1.54, 1.807) is 13.3 Å². The van der Waals surface area contributed by atoms with Crippen LogP contribution in [0.4, 0.5) is 0 Å². The smallest absolute Gasteiger partial charge is 0.308 e. The lowest BCUT2D eigenvalue weighted by Gasteiger charge is -2.43. The van der Waals surface area contributed by atoms with Gasteiger partial charge in [0.05, 0.1) is 24.6 Å². The first kappa shape index (κ1) is 23.8. The Hall–Kier alpha value is -2.96. The van der Waals surface area contributed by atoms with Gasteiger partial charge in [-0.2, -0.15) is 0 Å². The molecule has 1 fully saturated rings. The quantitative estimate of drug-likeness (QED) is 0.492. The van der Waals surface area contributed by atoms with Gasteiger partial charge in [0.1, 0.15) is 5.75 Å². The number of hydrogen-bond acceptors (Lipinski definition) is 5. The lowest BCUT2D eigenvalue weighted by atomic mass is 9.79. The molecule has 4 atom stereocenters. The number of nitrogens with zero attached hydrogens (tertiary/aromatic N) is 2. The highest BCUT2D eigenvalue weighted by atomic mass is 16.5. The molecule has 1 aliphatic carbocycles. The number of carboxylic acid groups (broad SMARTS) is 1. The van der Waals surface area contributed by atoms with Gasteiger partial charge < -0.3 is 14.9 Å². The molecular weight excluding hydrogens is 440 g/mol. The maximum absolute atomic E-state index is 12.3. The maximum Gasteiger partial charge on any atom is 0.308 e. The summed E-state index contributed by atoms with van der Waals surface area (Å²) in [5.41, 5.74) is 4.41.